The molecule has 2 saturated heterocycles. The SMILES string of the molecule is COC1O[C@@]2(C[C@H]2B2Oc3ccccc3O2)C2OC(C)(C)OC12. The normalized spacial score (nSPS) is 42.3. The Morgan fingerprint density at radius 2 is 1.78 bits per heavy atom. The maximum Gasteiger partial charge on any atom is 0.601 e. The highest BCUT2D eigenvalue weighted by atomic mass is 16.8. The van der Waals surface area contributed by atoms with Crippen molar-refractivity contribution in [2.24, 2.45) is 0 Å². The van der Waals surface area contributed by atoms with E-state index in [1.165, 1.54) is 0 Å². The molecular formula is C16H19BO6. The lowest BCUT2D eigenvalue weighted by molar-refractivity contribution is -0.232. The van der Waals surface area contributed by atoms with Crippen molar-refractivity contribution in [1.82, 2.24) is 0 Å². The lowest BCUT2D eigenvalue weighted by Gasteiger charge is -2.24. The van der Waals surface area contributed by atoms with E-state index in [0.29, 0.717) is 0 Å². The van der Waals surface area contributed by atoms with Crippen LogP contribution in [0.15, 0.2) is 24.3 Å². The van der Waals surface area contributed by atoms with Crippen molar-refractivity contribution in [3.8, 4) is 11.5 Å². The fourth-order valence-corrected chi connectivity index (χ4v) is 4.06. The lowest BCUT2D eigenvalue weighted by atomic mass is 9.79. The Morgan fingerprint density at radius 1 is 1.09 bits per heavy atom. The lowest BCUT2D eigenvalue weighted by Crippen LogP contribution is -2.37. The molecule has 122 valence electrons. The molecule has 0 aromatic heterocycles. The van der Waals surface area contributed by atoms with Gasteiger partial charge in [-0.25, -0.2) is 0 Å². The molecule has 6 nitrogen and oxygen atoms in total. The van der Waals surface area contributed by atoms with Gasteiger partial charge in [-0.05, 0) is 32.4 Å². The van der Waals surface area contributed by atoms with Crippen molar-refractivity contribution in [2.75, 3.05) is 7.11 Å². The highest BCUT2D eigenvalue weighted by Crippen LogP contribution is 2.65. The fraction of sp³-hybridized carbons (Fsp3) is 0.625. The van der Waals surface area contributed by atoms with Crippen LogP contribution in [0.1, 0.15) is 20.3 Å². The predicted octanol–water partition coefficient (Wildman–Crippen LogP) is 1.98. The summed E-state index contributed by atoms with van der Waals surface area (Å²) in [7, 11) is 1.28. The van der Waals surface area contributed by atoms with Gasteiger partial charge in [0, 0.05) is 7.11 Å². The quantitative estimate of drug-likeness (QED) is 0.777. The van der Waals surface area contributed by atoms with Gasteiger partial charge >= 0.3 is 7.12 Å². The highest BCUT2D eigenvalue weighted by Gasteiger charge is 2.78. The minimum Gasteiger partial charge on any atom is -0.523 e. The Balaban J connectivity index is 1.39. The van der Waals surface area contributed by atoms with Crippen LogP contribution >= 0.6 is 0 Å². The Bertz CT molecular complexity index is 626. The first-order valence-corrected chi connectivity index (χ1v) is 8.01. The monoisotopic (exact) mass is 318 g/mol. The minimum absolute atomic E-state index is 0.0973. The van der Waals surface area contributed by atoms with Crippen molar-refractivity contribution >= 4 is 7.12 Å². The van der Waals surface area contributed by atoms with Crippen molar-refractivity contribution in [3.63, 3.8) is 0 Å². The molecule has 1 aromatic carbocycles. The largest absolute Gasteiger partial charge is 0.601 e. The summed E-state index contributed by atoms with van der Waals surface area (Å²) >= 11 is 0. The van der Waals surface area contributed by atoms with Gasteiger partial charge in [0.2, 0.25) is 0 Å². The molecule has 1 saturated carbocycles. The van der Waals surface area contributed by atoms with E-state index in [1.807, 2.05) is 38.1 Å². The number of methoxy groups -OCH3 is 1. The average molecular weight is 318 g/mol. The fourth-order valence-electron chi connectivity index (χ4n) is 4.06. The van der Waals surface area contributed by atoms with E-state index in [2.05, 4.69) is 0 Å². The molecule has 0 N–H and O–H groups in total. The number of fused-ring (bicyclic) bond motifs is 3. The molecule has 1 aromatic rings. The average Bonchev–Trinajstić information content (AvgIpc) is 2.80. The van der Waals surface area contributed by atoms with Gasteiger partial charge in [0.05, 0.1) is 5.82 Å². The molecule has 7 heteroatoms. The van der Waals surface area contributed by atoms with E-state index in [0.717, 1.165) is 17.9 Å². The van der Waals surface area contributed by atoms with Crippen molar-refractivity contribution in [3.05, 3.63) is 24.3 Å². The maximum absolute atomic E-state index is 6.16. The first kappa shape index (κ1) is 14.1. The van der Waals surface area contributed by atoms with E-state index in [-0.39, 0.29) is 25.1 Å². The molecule has 0 radical (unpaired) electrons. The topological polar surface area (TPSA) is 55.4 Å². The minimum atomic E-state index is -0.629. The first-order valence-electron chi connectivity index (χ1n) is 8.01. The van der Waals surface area contributed by atoms with Gasteiger partial charge in [-0.2, -0.15) is 0 Å². The Morgan fingerprint density at radius 3 is 2.43 bits per heavy atom. The van der Waals surface area contributed by atoms with Crippen LogP contribution in [0.5, 0.6) is 11.5 Å². The number of rotatable bonds is 2. The number of benzene rings is 1. The molecule has 3 aliphatic heterocycles. The van der Waals surface area contributed by atoms with Crippen LogP contribution in [0, 0.1) is 0 Å². The van der Waals surface area contributed by atoms with Gasteiger partial charge in [-0.3, -0.25) is 0 Å². The van der Waals surface area contributed by atoms with Crippen LogP contribution in [0.4, 0.5) is 0 Å². The van der Waals surface area contributed by atoms with Gasteiger partial charge in [-0.15, -0.1) is 0 Å². The maximum atomic E-state index is 6.16. The predicted molar refractivity (Wildman–Crippen MR) is 80.3 cm³/mol. The van der Waals surface area contributed by atoms with Gasteiger partial charge in [0.15, 0.2) is 12.1 Å². The summed E-state index contributed by atoms with van der Waals surface area (Å²) in [6, 6.07) is 7.71. The van der Waals surface area contributed by atoms with E-state index >= 15 is 0 Å². The van der Waals surface area contributed by atoms with E-state index < -0.39 is 17.7 Å². The van der Waals surface area contributed by atoms with Crippen LogP contribution < -0.4 is 9.31 Å². The zero-order valence-electron chi connectivity index (χ0n) is 13.4. The molecule has 5 atom stereocenters. The highest BCUT2D eigenvalue weighted by molar-refractivity contribution is 6.51. The van der Waals surface area contributed by atoms with Gasteiger partial charge in [0.25, 0.3) is 0 Å². The van der Waals surface area contributed by atoms with Crippen molar-refractivity contribution < 1.29 is 28.3 Å². The molecule has 4 aliphatic rings. The summed E-state index contributed by atoms with van der Waals surface area (Å²) in [5.41, 5.74) is -0.453. The number of hydrogen-bond acceptors (Lipinski definition) is 6. The Labute approximate surface area is 135 Å². The van der Waals surface area contributed by atoms with Crippen molar-refractivity contribution in [1.29, 1.82) is 0 Å². The second kappa shape index (κ2) is 4.42. The Hall–Kier alpha value is -1.28. The molecule has 3 unspecified atom stereocenters. The molecule has 1 aliphatic carbocycles. The van der Waals surface area contributed by atoms with E-state index in [9.17, 15) is 0 Å². The third-order valence-corrected chi connectivity index (χ3v) is 5.12. The number of para-hydroxylation sites is 2. The Kier molecular flexibility index (Phi) is 2.71. The summed E-state index contributed by atoms with van der Waals surface area (Å²) in [6.07, 6.45) is 0.00857. The molecule has 23 heavy (non-hydrogen) atoms. The number of hydrogen-bond donors (Lipinski definition) is 0. The van der Waals surface area contributed by atoms with Crippen molar-refractivity contribution in [2.45, 2.75) is 56.0 Å². The second-order valence-electron chi connectivity index (χ2n) is 7.06. The molecule has 0 bridgehead atoms. The summed E-state index contributed by atoms with van der Waals surface area (Å²) < 4.78 is 35.6. The zero-order valence-corrected chi connectivity index (χ0v) is 13.4. The third kappa shape index (κ3) is 1.91. The van der Waals surface area contributed by atoms with Gasteiger partial charge < -0.3 is 28.3 Å². The summed E-state index contributed by atoms with van der Waals surface area (Å²) in [6.45, 7) is 3.84. The molecular weight excluding hydrogens is 299 g/mol. The summed E-state index contributed by atoms with van der Waals surface area (Å²) in [4.78, 5) is 0. The molecule has 5 rings (SSSR count). The molecule has 3 fully saturated rings. The number of ether oxygens (including phenoxy) is 4. The molecule has 1 spiro atoms. The van der Waals surface area contributed by atoms with E-state index in [4.69, 9.17) is 28.3 Å². The summed E-state index contributed by atoms with van der Waals surface area (Å²) in [5.74, 6) is 1.03. The van der Waals surface area contributed by atoms with Gasteiger partial charge in [0.1, 0.15) is 29.3 Å². The smallest absolute Gasteiger partial charge is 0.523 e. The van der Waals surface area contributed by atoms with Gasteiger partial charge in [-0.1, -0.05) is 12.1 Å². The first-order chi connectivity index (χ1) is 11.0. The standard InChI is InChI=1S/C16H19BO6/c1-15(2)19-12-13(20-15)16(21-14(12)18-3)8-11(16)17-22-9-6-4-5-7-10(9)23-17/h4-7,11-14H,8H2,1-3H3/t11-,12?,13?,14?,16-/m1/s1. The van der Waals surface area contributed by atoms with Crippen LogP contribution in [-0.4, -0.2) is 44.1 Å². The van der Waals surface area contributed by atoms with Crippen LogP contribution in [-0.2, 0) is 18.9 Å². The molecule has 3 heterocycles. The van der Waals surface area contributed by atoms with Crippen LogP contribution in [0.3, 0.4) is 0 Å². The molecule has 0 amide bonds. The van der Waals surface area contributed by atoms with Crippen LogP contribution in [0.2, 0.25) is 5.82 Å². The third-order valence-electron chi connectivity index (χ3n) is 5.12. The second-order valence-corrected chi connectivity index (χ2v) is 7.06. The summed E-state index contributed by atoms with van der Waals surface area (Å²) in [5, 5.41) is 0. The zero-order chi connectivity index (χ0) is 15.8. The van der Waals surface area contributed by atoms with E-state index in [1.54, 1.807) is 7.11 Å². The van der Waals surface area contributed by atoms with Crippen LogP contribution in [0.25, 0.3) is 0 Å².